The largest absolute Gasteiger partial charge is 0.437 e. The van der Waals surface area contributed by atoms with Crippen LogP contribution in [0.2, 0.25) is 0 Å². The van der Waals surface area contributed by atoms with Gasteiger partial charge in [0.1, 0.15) is 11.9 Å². The maximum atomic E-state index is 12.7. The summed E-state index contributed by atoms with van der Waals surface area (Å²) in [5, 5.41) is 5.25. The number of para-hydroxylation sites is 1. The molecule has 29 heavy (non-hydrogen) atoms. The smallest absolute Gasteiger partial charge is 0.343 e. The minimum Gasteiger partial charge on any atom is -0.437 e. The van der Waals surface area contributed by atoms with Gasteiger partial charge < -0.3 is 9.15 Å². The van der Waals surface area contributed by atoms with Crippen molar-refractivity contribution in [2.24, 2.45) is 0 Å². The first-order valence-corrected chi connectivity index (χ1v) is 9.10. The van der Waals surface area contributed by atoms with E-state index in [1.54, 1.807) is 29.3 Å². The normalized spacial score (nSPS) is 15.1. The molecule has 0 radical (unpaired) electrons. The second kappa shape index (κ2) is 5.71. The Bertz CT molecular complexity index is 1470. The Morgan fingerprint density at radius 3 is 2.76 bits per heavy atom. The lowest BCUT2D eigenvalue weighted by Gasteiger charge is -2.24. The highest BCUT2D eigenvalue weighted by atomic mass is 16.5. The van der Waals surface area contributed by atoms with E-state index < -0.39 is 5.63 Å². The second-order valence-electron chi connectivity index (χ2n) is 6.86. The Morgan fingerprint density at radius 2 is 1.90 bits per heavy atom. The van der Waals surface area contributed by atoms with Gasteiger partial charge in [-0.25, -0.2) is 19.3 Å². The van der Waals surface area contributed by atoms with Crippen LogP contribution in [0.4, 0.5) is 0 Å². The zero-order valence-electron chi connectivity index (χ0n) is 15.2. The molecule has 8 heteroatoms. The molecular weight excluding hydrogens is 370 g/mol. The van der Waals surface area contributed by atoms with Crippen LogP contribution in [0, 0.1) is 0 Å². The van der Waals surface area contributed by atoms with Crippen LogP contribution in [-0.2, 0) is 0 Å². The van der Waals surface area contributed by atoms with E-state index in [0.29, 0.717) is 39.8 Å². The molecule has 5 heterocycles. The maximum absolute atomic E-state index is 12.7. The topological polar surface area (TPSA) is 95.4 Å². The molecule has 1 aliphatic rings. The van der Waals surface area contributed by atoms with Crippen molar-refractivity contribution < 1.29 is 9.15 Å². The summed E-state index contributed by atoms with van der Waals surface area (Å²) < 4.78 is 13.2. The molecule has 0 fully saturated rings. The van der Waals surface area contributed by atoms with Crippen LogP contribution in [0.15, 0.2) is 64.3 Å². The Balaban J connectivity index is 1.60. The average Bonchev–Trinajstić information content (AvgIpc) is 3.18. The summed E-state index contributed by atoms with van der Waals surface area (Å²) in [5.74, 6) is 1.14. The molecule has 0 saturated carbocycles. The lowest BCUT2D eigenvalue weighted by Crippen LogP contribution is -2.19. The van der Waals surface area contributed by atoms with Gasteiger partial charge in [0.25, 0.3) is 0 Å². The van der Waals surface area contributed by atoms with E-state index in [0.717, 1.165) is 10.9 Å². The molecule has 5 aromatic rings. The Labute approximate surface area is 163 Å². The van der Waals surface area contributed by atoms with Crippen LogP contribution in [0.5, 0.6) is 11.6 Å². The van der Waals surface area contributed by atoms with Crippen LogP contribution >= 0.6 is 0 Å². The van der Waals surface area contributed by atoms with Crippen molar-refractivity contribution in [1.29, 1.82) is 0 Å². The van der Waals surface area contributed by atoms with Crippen LogP contribution in [0.25, 0.3) is 28.0 Å². The van der Waals surface area contributed by atoms with E-state index in [2.05, 4.69) is 20.1 Å². The lowest BCUT2D eigenvalue weighted by molar-refractivity contribution is 0.419. The summed E-state index contributed by atoms with van der Waals surface area (Å²) in [6, 6.07) is 11.0. The average molecular weight is 383 g/mol. The van der Waals surface area contributed by atoms with E-state index in [4.69, 9.17) is 9.15 Å². The van der Waals surface area contributed by atoms with Gasteiger partial charge in [0.15, 0.2) is 17.2 Å². The van der Waals surface area contributed by atoms with Gasteiger partial charge in [0.05, 0.1) is 16.5 Å². The predicted molar refractivity (Wildman–Crippen MR) is 104 cm³/mol. The van der Waals surface area contributed by atoms with Gasteiger partial charge in [-0.3, -0.25) is 4.98 Å². The fourth-order valence-electron chi connectivity index (χ4n) is 3.80. The van der Waals surface area contributed by atoms with Crippen LogP contribution in [0.3, 0.4) is 0 Å². The quantitative estimate of drug-likeness (QED) is 0.409. The summed E-state index contributed by atoms with van der Waals surface area (Å²) >= 11 is 0. The number of hydrogen-bond donors (Lipinski definition) is 0. The van der Waals surface area contributed by atoms with E-state index >= 15 is 0 Å². The Morgan fingerprint density at radius 1 is 1.07 bits per heavy atom. The van der Waals surface area contributed by atoms with E-state index in [-0.39, 0.29) is 5.92 Å². The van der Waals surface area contributed by atoms with Crippen LogP contribution < -0.4 is 10.4 Å². The van der Waals surface area contributed by atoms with Crippen molar-refractivity contribution in [2.45, 2.75) is 12.8 Å². The number of hydrogen-bond acceptors (Lipinski definition) is 7. The summed E-state index contributed by atoms with van der Waals surface area (Å²) in [7, 11) is 0. The predicted octanol–water partition coefficient (Wildman–Crippen LogP) is 3.55. The summed E-state index contributed by atoms with van der Waals surface area (Å²) in [4.78, 5) is 25.9. The first-order valence-electron chi connectivity index (χ1n) is 9.10. The van der Waals surface area contributed by atoms with Gasteiger partial charge in [-0.2, -0.15) is 0 Å². The minimum atomic E-state index is -0.423. The van der Waals surface area contributed by atoms with Gasteiger partial charge in [-0.1, -0.05) is 19.1 Å². The summed E-state index contributed by atoms with van der Waals surface area (Å²) in [6.45, 7) is 1.92. The summed E-state index contributed by atoms with van der Waals surface area (Å²) in [6.07, 6.45) is 4.94. The van der Waals surface area contributed by atoms with Gasteiger partial charge in [0.2, 0.25) is 5.88 Å². The molecule has 1 aliphatic heterocycles. The second-order valence-corrected chi connectivity index (χ2v) is 6.86. The van der Waals surface area contributed by atoms with Gasteiger partial charge in [-0.05, 0) is 24.3 Å². The number of ether oxygens (including phenoxy) is 1. The number of aromatic nitrogens is 5. The van der Waals surface area contributed by atoms with E-state index in [1.807, 2.05) is 37.3 Å². The maximum Gasteiger partial charge on any atom is 0.343 e. The first-order chi connectivity index (χ1) is 14.2. The fraction of sp³-hybridized carbons (Fsp3) is 0.0952. The molecule has 6 rings (SSSR count). The highest BCUT2D eigenvalue weighted by Crippen LogP contribution is 2.45. The van der Waals surface area contributed by atoms with Crippen molar-refractivity contribution >= 4 is 16.6 Å². The van der Waals surface area contributed by atoms with Gasteiger partial charge >= 0.3 is 5.63 Å². The van der Waals surface area contributed by atoms with E-state index in [9.17, 15) is 4.79 Å². The lowest BCUT2D eigenvalue weighted by atomic mass is 9.92. The van der Waals surface area contributed by atoms with Crippen molar-refractivity contribution in [1.82, 2.24) is 24.6 Å². The number of nitrogens with zero attached hydrogens (tertiary/aromatic N) is 5. The first kappa shape index (κ1) is 15.9. The molecule has 0 spiro atoms. The van der Waals surface area contributed by atoms with Crippen LogP contribution in [-0.4, -0.2) is 24.6 Å². The standard InChI is InChI=1S/C21H13N5O3/c1-11-15-17(13-4-2-3-5-14(13)28-21(15)27)29-20-16(11)19-24-18(25-26(19)10-23-20)12-6-8-22-9-7-12/h2-11H,1H3. The third-order valence-electron chi connectivity index (χ3n) is 5.19. The third-order valence-corrected chi connectivity index (χ3v) is 5.19. The van der Waals surface area contributed by atoms with Crippen molar-refractivity contribution in [2.75, 3.05) is 0 Å². The number of pyridine rings is 1. The molecule has 0 amide bonds. The number of fused-ring (bicyclic) bond motifs is 6. The zero-order chi connectivity index (χ0) is 19.5. The molecule has 0 N–H and O–H groups in total. The molecule has 0 bridgehead atoms. The SMILES string of the molecule is CC1c2c(c3ccccc3oc2=O)Oc2ncn3nc(-c4ccncc4)nc3c21. The van der Waals surface area contributed by atoms with Gasteiger partial charge in [0, 0.05) is 23.9 Å². The molecule has 0 saturated heterocycles. The molecule has 1 atom stereocenters. The molecule has 140 valence electrons. The number of benzene rings is 1. The zero-order valence-corrected chi connectivity index (χ0v) is 15.2. The molecular formula is C21H13N5O3. The monoisotopic (exact) mass is 383 g/mol. The minimum absolute atomic E-state index is 0.319. The summed E-state index contributed by atoms with van der Waals surface area (Å²) in [5.41, 5.74) is 2.65. The highest BCUT2D eigenvalue weighted by molar-refractivity contribution is 5.86. The molecule has 1 unspecified atom stereocenters. The number of rotatable bonds is 1. The van der Waals surface area contributed by atoms with E-state index in [1.165, 1.54) is 0 Å². The molecule has 8 nitrogen and oxygen atoms in total. The van der Waals surface area contributed by atoms with Crippen molar-refractivity contribution in [3.05, 3.63) is 76.7 Å². The molecule has 1 aromatic carbocycles. The van der Waals surface area contributed by atoms with Crippen molar-refractivity contribution in [3.8, 4) is 23.0 Å². The third kappa shape index (κ3) is 2.22. The van der Waals surface area contributed by atoms with Crippen molar-refractivity contribution in [3.63, 3.8) is 0 Å². The highest BCUT2D eigenvalue weighted by Gasteiger charge is 2.33. The Kier molecular flexibility index (Phi) is 3.14. The molecule has 0 aliphatic carbocycles. The van der Waals surface area contributed by atoms with Crippen LogP contribution in [0.1, 0.15) is 24.0 Å². The molecule has 4 aromatic heterocycles. The Hall–Kier alpha value is -4.07. The fourth-order valence-corrected chi connectivity index (χ4v) is 3.80. The van der Waals surface area contributed by atoms with Gasteiger partial charge in [-0.15, -0.1) is 5.10 Å².